The van der Waals surface area contributed by atoms with Crippen LogP contribution in [0.15, 0.2) is 36.9 Å². The topological polar surface area (TPSA) is 102 Å². The summed E-state index contributed by atoms with van der Waals surface area (Å²) >= 11 is 0. The molecule has 0 bridgehead atoms. The van der Waals surface area contributed by atoms with Gasteiger partial charge in [0.05, 0.1) is 24.8 Å². The molecule has 0 fully saturated rings. The summed E-state index contributed by atoms with van der Waals surface area (Å²) < 4.78 is 37.9. The predicted octanol–water partition coefficient (Wildman–Crippen LogP) is 2.74. The van der Waals surface area contributed by atoms with Gasteiger partial charge in [-0.1, -0.05) is 6.92 Å². The quantitative estimate of drug-likeness (QED) is 0.610. The lowest BCUT2D eigenvalue weighted by Gasteiger charge is -2.28. The number of nitrogens with zero attached hydrogens (tertiary/aromatic N) is 7. The highest BCUT2D eigenvalue weighted by molar-refractivity contribution is 5.95. The van der Waals surface area contributed by atoms with Gasteiger partial charge in [0, 0.05) is 25.3 Å². The highest BCUT2D eigenvalue weighted by Gasteiger charge is 2.32. The van der Waals surface area contributed by atoms with Crippen LogP contribution in [0, 0.1) is 6.92 Å². The standard InChI is InChI=1S/C19H21F3N8O/c1-4-13(9-24-16-11-23-15(10-25-16)19(20,21)22)29(3)18(31)17-14(6-5-12(2)28-17)30-26-7-8-27-30/h5-8,10-11,13H,4,9H2,1-3H3,(H,24,25). The number of hydrogen-bond acceptors (Lipinski definition) is 7. The molecule has 3 rings (SSSR count). The molecule has 3 aromatic heterocycles. The summed E-state index contributed by atoms with van der Waals surface area (Å²) in [6.07, 6.45) is 0.721. The summed E-state index contributed by atoms with van der Waals surface area (Å²) in [5, 5.41) is 11.1. The fourth-order valence-electron chi connectivity index (χ4n) is 2.88. The van der Waals surface area contributed by atoms with Crippen molar-refractivity contribution < 1.29 is 18.0 Å². The monoisotopic (exact) mass is 434 g/mol. The molecular formula is C19H21F3N8O. The smallest absolute Gasteiger partial charge is 0.367 e. The molecule has 0 aliphatic heterocycles. The van der Waals surface area contributed by atoms with Crippen molar-refractivity contribution in [3.63, 3.8) is 0 Å². The molecule has 3 heterocycles. The number of anilines is 1. The number of hydrogen-bond donors (Lipinski definition) is 1. The Morgan fingerprint density at radius 2 is 1.90 bits per heavy atom. The Labute approximate surface area is 176 Å². The fraction of sp³-hybridized carbons (Fsp3) is 0.368. The molecule has 1 atom stereocenters. The Morgan fingerprint density at radius 1 is 1.19 bits per heavy atom. The third kappa shape index (κ3) is 5.13. The maximum atomic E-state index is 13.2. The lowest BCUT2D eigenvalue weighted by molar-refractivity contribution is -0.141. The van der Waals surface area contributed by atoms with E-state index < -0.39 is 11.9 Å². The van der Waals surface area contributed by atoms with E-state index in [1.165, 1.54) is 22.1 Å². The minimum atomic E-state index is -4.55. The second kappa shape index (κ2) is 9.06. The van der Waals surface area contributed by atoms with Crippen molar-refractivity contribution in [3.05, 3.63) is 54.0 Å². The first-order valence-electron chi connectivity index (χ1n) is 9.45. The van der Waals surface area contributed by atoms with E-state index in [9.17, 15) is 18.0 Å². The van der Waals surface area contributed by atoms with Crippen LogP contribution in [0.2, 0.25) is 0 Å². The van der Waals surface area contributed by atoms with E-state index in [1.807, 2.05) is 6.92 Å². The van der Waals surface area contributed by atoms with Gasteiger partial charge in [-0.2, -0.15) is 23.4 Å². The van der Waals surface area contributed by atoms with Crippen LogP contribution in [0.3, 0.4) is 0 Å². The molecule has 9 nitrogen and oxygen atoms in total. The molecule has 0 radical (unpaired) electrons. The zero-order chi connectivity index (χ0) is 22.6. The lowest BCUT2D eigenvalue weighted by Crippen LogP contribution is -2.42. The molecule has 0 saturated heterocycles. The number of carbonyl (C=O) groups is 1. The van der Waals surface area contributed by atoms with E-state index in [1.54, 1.807) is 26.1 Å². The van der Waals surface area contributed by atoms with Crippen molar-refractivity contribution in [1.29, 1.82) is 0 Å². The summed E-state index contributed by atoms with van der Waals surface area (Å²) in [6, 6.07) is 3.20. The van der Waals surface area contributed by atoms with E-state index >= 15 is 0 Å². The van der Waals surface area contributed by atoms with Gasteiger partial charge in [-0.15, -0.1) is 4.80 Å². The first kappa shape index (κ1) is 22.1. The van der Waals surface area contributed by atoms with Crippen molar-refractivity contribution in [1.82, 2.24) is 34.8 Å². The van der Waals surface area contributed by atoms with Gasteiger partial charge < -0.3 is 10.2 Å². The molecule has 0 spiro atoms. The average molecular weight is 434 g/mol. The first-order valence-corrected chi connectivity index (χ1v) is 9.45. The summed E-state index contributed by atoms with van der Waals surface area (Å²) in [7, 11) is 1.64. The molecule has 0 aliphatic rings. The number of rotatable bonds is 7. The number of amides is 1. The largest absolute Gasteiger partial charge is 0.434 e. The van der Waals surface area contributed by atoms with Gasteiger partial charge in [-0.3, -0.25) is 4.79 Å². The zero-order valence-electron chi connectivity index (χ0n) is 17.1. The Kier molecular flexibility index (Phi) is 6.47. The molecule has 0 aromatic carbocycles. The van der Waals surface area contributed by atoms with Gasteiger partial charge in [-0.25, -0.2) is 15.0 Å². The van der Waals surface area contributed by atoms with Crippen LogP contribution < -0.4 is 5.32 Å². The highest BCUT2D eigenvalue weighted by Crippen LogP contribution is 2.27. The van der Waals surface area contributed by atoms with Gasteiger partial charge in [0.25, 0.3) is 5.91 Å². The number of alkyl halides is 3. The maximum absolute atomic E-state index is 13.2. The number of likely N-dealkylation sites (N-methyl/N-ethyl adjacent to an activating group) is 1. The number of aryl methyl sites for hydroxylation is 1. The Bertz CT molecular complexity index is 1020. The van der Waals surface area contributed by atoms with Gasteiger partial charge in [0.15, 0.2) is 11.4 Å². The van der Waals surface area contributed by atoms with Crippen LogP contribution in [-0.4, -0.2) is 60.4 Å². The molecule has 0 saturated carbocycles. The van der Waals surface area contributed by atoms with Crippen LogP contribution in [0.25, 0.3) is 5.69 Å². The van der Waals surface area contributed by atoms with E-state index in [4.69, 9.17) is 0 Å². The van der Waals surface area contributed by atoms with Gasteiger partial charge >= 0.3 is 6.18 Å². The number of pyridine rings is 1. The molecule has 3 aromatic rings. The first-order chi connectivity index (χ1) is 14.7. The molecule has 31 heavy (non-hydrogen) atoms. The molecule has 164 valence electrons. The summed E-state index contributed by atoms with van der Waals surface area (Å²) in [5.74, 6) is -0.148. The third-order valence-electron chi connectivity index (χ3n) is 4.65. The number of aromatic nitrogens is 6. The Balaban J connectivity index is 1.74. The summed E-state index contributed by atoms with van der Waals surface area (Å²) in [4.78, 5) is 27.5. The normalized spacial score (nSPS) is 12.5. The molecule has 12 heteroatoms. The van der Waals surface area contributed by atoms with Gasteiger partial charge in [-0.05, 0) is 25.5 Å². The lowest BCUT2D eigenvalue weighted by atomic mass is 10.1. The van der Waals surface area contributed by atoms with Crippen molar-refractivity contribution in [2.45, 2.75) is 32.5 Å². The van der Waals surface area contributed by atoms with Crippen LogP contribution in [0.4, 0.5) is 19.0 Å². The van der Waals surface area contributed by atoms with Crippen molar-refractivity contribution in [2.75, 3.05) is 18.9 Å². The summed E-state index contributed by atoms with van der Waals surface area (Å²) in [5.41, 5.74) is 0.247. The van der Waals surface area contributed by atoms with Crippen molar-refractivity contribution >= 4 is 11.7 Å². The van der Waals surface area contributed by atoms with E-state index in [0.29, 0.717) is 24.0 Å². The second-order valence-corrected chi connectivity index (χ2v) is 6.78. The maximum Gasteiger partial charge on any atom is 0.434 e. The van der Waals surface area contributed by atoms with Crippen molar-refractivity contribution in [2.24, 2.45) is 0 Å². The third-order valence-corrected chi connectivity index (χ3v) is 4.65. The number of nitrogens with one attached hydrogen (secondary N) is 1. The zero-order valence-corrected chi connectivity index (χ0v) is 17.1. The molecular weight excluding hydrogens is 413 g/mol. The average Bonchev–Trinajstić information content (AvgIpc) is 3.27. The molecule has 1 N–H and O–H groups in total. The van der Waals surface area contributed by atoms with Crippen LogP contribution >= 0.6 is 0 Å². The van der Waals surface area contributed by atoms with Gasteiger partial charge in [0.2, 0.25) is 0 Å². The predicted molar refractivity (Wildman–Crippen MR) is 106 cm³/mol. The number of carbonyl (C=O) groups excluding carboxylic acids is 1. The highest BCUT2D eigenvalue weighted by atomic mass is 19.4. The van der Waals surface area contributed by atoms with Crippen molar-refractivity contribution in [3.8, 4) is 5.69 Å². The molecule has 1 amide bonds. The minimum Gasteiger partial charge on any atom is -0.367 e. The Morgan fingerprint density at radius 3 is 2.48 bits per heavy atom. The minimum absolute atomic E-state index is 0.183. The van der Waals surface area contributed by atoms with Gasteiger partial charge in [0.1, 0.15) is 11.5 Å². The molecule has 1 unspecified atom stereocenters. The van der Waals surface area contributed by atoms with Crippen LogP contribution in [-0.2, 0) is 6.18 Å². The summed E-state index contributed by atoms with van der Waals surface area (Å²) in [6.45, 7) is 3.94. The van der Waals surface area contributed by atoms with E-state index in [2.05, 4.69) is 30.5 Å². The second-order valence-electron chi connectivity index (χ2n) is 6.78. The fourth-order valence-corrected chi connectivity index (χ4v) is 2.88. The van der Waals surface area contributed by atoms with Crippen LogP contribution in [0.5, 0.6) is 0 Å². The van der Waals surface area contributed by atoms with Crippen LogP contribution in [0.1, 0.15) is 35.2 Å². The SMILES string of the molecule is CCC(CNc1cnc(C(F)(F)F)cn1)N(C)C(=O)c1nc(C)ccc1-n1nccn1. The Hall–Kier alpha value is -3.57. The van der Waals surface area contributed by atoms with E-state index in [-0.39, 0.29) is 30.0 Å². The van der Waals surface area contributed by atoms with E-state index in [0.717, 1.165) is 6.20 Å². The molecule has 0 aliphatic carbocycles. The number of halogens is 3.